The van der Waals surface area contributed by atoms with Crippen molar-refractivity contribution in [1.82, 2.24) is 9.97 Å². The summed E-state index contributed by atoms with van der Waals surface area (Å²) >= 11 is 1.10. The molecule has 0 aliphatic carbocycles. The lowest BCUT2D eigenvalue weighted by molar-refractivity contribution is -0.388. The van der Waals surface area contributed by atoms with Crippen LogP contribution in [0.4, 0.5) is 5.69 Å². The lowest BCUT2D eigenvalue weighted by Crippen LogP contribution is -2.10. The Morgan fingerprint density at radius 1 is 1.04 bits per heavy atom. The molecule has 0 radical (unpaired) electrons. The fraction of sp³-hybridized carbons (Fsp3) is 0.0476. The number of aromatic nitrogens is 2. The quantitative estimate of drug-likeness (QED) is 0.212. The third-order valence-corrected chi connectivity index (χ3v) is 5.63. The van der Waals surface area contributed by atoms with Crippen molar-refractivity contribution in [3.05, 3.63) is 100 Å². The second-order valence-corrected chi connectivity index (χ2v) is 7.20. The van der Waals surface area contributed by atoms with Crippen molar-refractivity contribution in [3.63, 3.8) is 0 Å². The molecule has 0 spiro atoms. The number of hydrogen-bond acceptors (Lipinski definition) is 5. The molecular formula is C21H15N3O3S. The zero-order valence-electron chi connectivity index (χ0n) is 14.6. The second-order valence-electron chi connectivity index (χ2n) is 6.11. The molecule has 0 aliphatic heterocycles. The van der Waals surface area contributed by atoms with E-state index in [1.807, 2.05) is 54.6 Å². The third-order valence-electron chi connectivity index (χ3n) is 4.37. The zero-order chi connectivity index (χ0) is 19.5. The van der Waals surface area contributed by atoms with E-state index in [-0.39, 0.29) is 16.5 Å². The topological polar surface area (TPSA) is 88.9 Å². The van der Waals surface area contributed by atoms with E-state index in [0.717, 1.165) is 28.2 Å². The van der Waals surface area contributed by atoms with Crippen molar-refractivity contribution in [3.8, 4) is 0 Å². The van der Waals surface area contributed by atoms with Crippen LogP contribution < -0.4 is 0 Å². The Kier molecular flexibility index (Phi) is 4.90. The maximum Gasteiger partial charge on any atom is 0.301 e. The van der Waals surface area contributed by atoms with Crippen molar-refractivity contribution in [2.45, 2.75) is 10.3 Å². The largest absolute Gasteiger partial charge is 0.360 e. The molecule has 0 amide bonds. The van der Waals surface area contributed by atoms with Crippen LogP contribution in [-0.2, 0) is 0 Å². The summed E-state index contributed by atoms with van der Waals surface area (Å²) in [6.07, 6.45) is 3.18. The first-order chi connectivity index (χ1) is 13.6. The van der Waals surface area contributed by atoms with Crippen LogP contribution in [0.2, 0.25) is 0 Å². The predicted octanol–water partition coefficient (Wildman–Crippen LogP) is 5.19. The Morgan fingerprint density at radius 2 is 1.79 bits per heavy atom. The summed E-state index contributed by atoms with van der Waals surface area (Å²) in [5, 5.41) is 11.8. The van der Waals surface area contributed by atoms with Crippen LogP contribution in [0.1, 0.15) is 21.2 Å². The molecule has 0 fully saturated rings. The number of rotatable bonds is 6. The fourth-order valence-corrected chi connectivity index (χ4v) is 4.18. The molecule has 138 valence electrons. The molecule has 0 bridgehead atoms. The van der Waals surface area contributed by atoms with Crippen molar-refractivity contribution >= 4 is 34.1 Å². The van der Waals surface area contributed by atoms with Gasteiger partial charge in [-0.2, -0.15) is 0 Å². The molecule has 1 N–H and O–H groups in total. The summed E-state index contributed by atoms with van der Waals surface area (Å²) in [7, 11) is 0. The number of carbonyl (C=O) groups is 1. The highest BCUT2D eigenvalue weighted by molar-refractivity contribution is 8.00. The zero-order valence-corrected chi connectivity index (χ0v) is 15.4. The standard InChI is InChI=1S/C21H15N3O3S/c25-19(16-13-23-17-10-5-4-9-15(16)17)20(14-7-2-1-3-8-14)28-21-18(24(26)27)11-6-12-22-21/h1-13,20,23H/t20-/m0/s1. The highest BCUT2D eigenvalue weighted by Gasteiger charge is 2.28. The number of aromatic amines is 1. The van der Waals surface area contributed by atoms with Crippen LogP contribution in [0.15, 0.2) is 84.1 Å². The predicted molar refractivity (Wildman–Crippen MR) is 109 cm³/mol. The summed E-state index contributed by atoms with van der Waals surface area (Å²) in [4.78, 5) is 31.6. The maximum atomic E-state index is 13.5. The van der Waals surface area contributed by atoms with E-state index < -0.39 is 10.2 Å². The number of nitrogens with zero attached hydrogens (tertiary/aromatic N) is 2. The van der Waals surface area contributed by atoms with E-state index in [1.165, 1.54) is 18.3 Å². The number of hydrogen-bond donors (Lipinski definition) is 1. The van der Waals surface area contributed by atoms with E-state index in [4.69, 9.17) is 0 Å². The number of ketones is 1. The van der Waals surface area contributed by atoms with Crippen LogP contribution in [0.5, 0.6) is 0 Å². The Labute approximate surface area is 164 Å². The average Bonchev–Trinajstić information content (AvgIpc) is 3.16. The molecule has 6 nitrogen and oxygen atoms in total. The van der Waals surface area contributed by atoms with Crippen LogP contribution >= 0.6 is 11.8 Å². The molecule has 28 heavy (non-hydrogen) atoms. The lowest BCUT2D eigenvalue weighted by Gasteiger charge is -2.15. The van der Waals surface area contributed by atoms with Gasteiger partial charge in [-0.15, -0.1) is 0 Å². The minimum atomic E-state index is -0.658. The molecule has 0 saturated heterocycles. The van der Waals surface area contributed by atoms with Gasteiger partial charge in [-0.3, -0.25) is 14.9 Å². The van der Waals surface area contributed by atoms with Crippen LogP contribution in [-0.4, -0.2) is 20.7 Å². The van der Waals surface area contributed by atoms with Gasteiger partial charge in [-0.05, 0) is 17.7 Å². The number of thioether (sulfide) groups is 1. The van der Waals surface area contributed by atoms with Crippen LogP contribution in [0, 0.1) is 10.1 Å². The van der Waals surface area contributed by atoms with E-state index in [2.05, 4.69) is 9.97 Å². The number of carbonyl (C=O) groups excluding carboxylic acids is 1. The monoisotopic (exact) mass is 389 g/mol. The average molecular weight is 389 g/mol. The molecule has 0 unspecified atom stereocenters. The molecule has 0 aliphatic rings. The molecule has 7 heteroatoms. The van der Waals surface area contributed by atoms with Gasteiger partial charge in [0.25, 0.3) is 0 Å². The summed E-state index contributed by atoms with van der Waals surface area (Å²) in [6, 6.07) is 19.7. The smallest absolute Gasteiger partial charge is 0.301 e. The van der Waals surface area contributed by atoms with Gasteiger partial charge < -0.3 is 4.98 Å². The van der Waals surface area contributed by atoms with E-state index in [1.54, 1.807) is 6.20 Å². The van der Waals surface area contributed by atoms with Gasteiger partial charge in [0.05, 0.1) is 10.2 Å². The fourth-order valence-electron chi connectivity index (χ4n) is 3.04. The first-order valence-electron chi connectivity index (χ1n) is 8.56. The van der Waals surface area contributed by atoms with Crippen molar-refractivity contribution < 1.29 is 9.72 Å². The second kappa shape index (κ2) is 7.66. The van der Waals surface area contributed by atoms with E-state index in [0.29, 0.717) is 5.56 Å². The van der Waals surface area contributed by atoms with Gasteiger partial charge in [-0.25, -0.2) is 4.98 Å². The molecule has 1 atom stereocenters. The number of pyridine rings is 1. The van der Waals surface area contributed by atoms with Gasteiger partial charge in [0.1, 0.15) is 0 Å². The first-order valence-corrected chi connectivity index (χ1v) is 9.44. The van der Waals surface area contributed by atoms with Crippen LogP contribution in [0.3, 0.4) is 0 Å². The minimum Gasteiger partial charge on any atom is -0.360 e. The van der Waals surface area contributed by atoms with Gasteiger partial charge in [0.15, 0.2) is 10.8 Å². The third kappa shape index (κ3) is 3.39. The molecule has 2 aromatic carbocycles. The molecule has 4 aromatic rings. The molecular weight excluding hydrogens is 374 g/mol. The Bertz CT molecular complexity index is 1160. The highest BCUT2D eigenvalue weighted by atomic mass is 32.2. The molecule has 2 aromatic heterocycles. The van der Waals surface area contributed by atoms with E-state index >= 15 is 0 Å². The number of para-hydroxylation sites is 1. The van der Waals surface area contributed by atoms with Crippen molar-refractivity contribution in [2.24, 2.45) is 0 Å². The number of benzene rings is 2. The van der Waals surface area contributed by atoms with E-state index in [9.17, 15) is 14.9 Å². The minimum absolute atomic E-state index is 0.111. The number of H-pyrrole nitrogens is 1. The summed E-state index contributed by atoms with van der Waals surface area (Å²) in [5.41, 5.74) is 2.07. The summed E-state index contributed by atoms with van der Waals surface area (Å²) in [6.45, 7) is 0. The normalized spacial score (nSPS) is 12.0. The van der Waals surface area contributed by atoms with Gasteiger partial charge in [0.2, 0.25) is 0 Å². The van der Waals surface area contributed by atoms with Gasteiger partial charge in [0, 0.05) is 34.9 Å². The number of nitrogens with one attached hydrogen (secondary N) is 1. The Hall–Kier alpha value is -3.45. The van der Waals surface area contributed by atoms with Crippen molar-refractivity contribution in [2.75, 3.05) is 0 Å². The molecule has 2 heterocycles. The summed E-state index contributed by atoms with van der Waals surface area (Å²) in [5.74, 6) is -0.131. The van der Waals surface area contributed by atoms with Crippen LogP contribution in [0.25, 0.3) is 10.9 Å². The number of fused-ring (bicyclic) bond motifs is 1. The van der Waals surface area contributed by atoms with Gasteiger partial charge >= 0.3 is 5.69 Å². The molecule has 4 rings (SSSR count). The summed E-state index contributed by atoms with van der Waals surface area (Å²) < 4.78 is 0. The van der Waals surface area contributed by atoms with Crippen molar-refractivity contribution in [1.29, 1.82) is 0 Å². The lowest BCUT2D eigenvalue weighted by atomic mass is 10.0. The highest BCUT2D eigenvalue weighted by Crippen LogP contribution is 2.41. The Balaban J connectivity index is 1.79. The molecule has 0 saturated carbocycles. The Morgan fingerprint density at radius 3 is 2.57 bits per heavy atom. The first kappa shape index (κ1) is 17.9. The maximum absolute atomic E-state index is 13.5. The van der Waals surface area contributed by atoms with Gasteiger partial charge in [-0.1, -0.05) is 60.3 Å². The SMILES string of the molecule is O=C(c1c[nH]c2ccccc12)[C@@H](Sc1ncccc1[N+](=O)[O-])c1ccccc1. The number of Topliss-reactive ketones (excluding diaryl/α,β-unsaturated/α-hetero) is 1. The number of nitro groups is 1.